The van der Waals surface area contributed by atoms with Crippen LogP contribution < -0.4 is 0 Å². The minimum Gasteiger partial charge on any atom is -0.367 e. The lowest BCUT2D eigenvalue weighted by Crippen LogP contribution is -2.32. The molecule has 5 heteroatoms. The Kier molecular flexibility index (Phi) is 6.38. The third-order valence-electron chi connectivity index (χ3n) is 4.20. The van der Waals surface area contributed by atoms with E-state index >= 15 is 0 Å². The second-order valence-electron chi connectivity index (χ2n) is 5.77. The van der Waals surface area contributed by atoms with Crippen LogP contribution in [0.25, 0.3) is 0 Å². The lowest BCUT2D eigenvalue weighted by atomic mass is 9.92. The van der Waals surface area contributed by atoms with E-state index in [1.165, 1.54) is 25.7 Å². The molecule has 0 amide bonds. The molecule has 1 aromatic rings. The molecule has 1 heterocycles. The highest BCUT2D eigenvalue weighted by Gasteiger charge is 2.36. The molecular weight excluding hydrogens is 348 g/mol. The van der Waals surface area contributed by atoms with Gasteiger partial charge in [-0.25, -0.2) is 4.98 Å². The normalized spacial score (nSPS) is 18.4. The molecule has 3 nitrogen and oxygen atoms in total. The van der Waals surface area contributed by atoms with Gasteiger partial charge in [-0.15, -0.1) is 0 Å². The second kappa shape index (κ2) is 7.84. The number of aromatic amines is 1. The van der Waals surface area contributed by atoms with Crippen molar-refractivity contribution in [1.82, 2.24) is 9.97 Å². The van der Waals surface area contributed by atoms with Crippen LogP contribution >= 0.6 is 28.1 Å². The average Bonchev–Trinajstić information content (AvgIpc) is 2.71. The molecule has 0 saturated heterocycles. The molecule has 1 aliphatic rings. The Morgan fingerprint density at radius 3 is 2.48 bits per heavy atom. The fourth-order valence-corrected chi connectivity index (χ4v) is 3.77. The van der Waals surface area contributed by atoms with Crippen molar-refractivity contribution in [3.8, 4) is 0 Å². The maximum atomic E-state index is 6.21. The smallest absolute Gasteiger partial charge is 0.144 e. The van der Waals surface area contributed by atoms with Gasteiger partial charge in [-0.3, -0.25) is 0 Å². The zero-order valence-corrected chi connectivity index (χ0v) is 15.4. The monoisotopic (exact) mass is 372 g/mol. The molecule has 1 N–H and O–H groups in total. The van der Waals surface area contributed by atoms with Crippen LogP contribution in [0.15, 0.2) is 4.47 Å². The summed E-state index contributed by atoms with van der Waals surface area (Å²) in [4.78, 5) is 8.19. The Morgan fingerprint density at radius 2 is 1.90 bits per heavy atom. The van der Waals surface area contributed by atoms with E-state index in [4.69, 9.17) is 17.0 Å². The van der Waals surface area contributed by atoms with Crippen molar-refractivity contribution in [2.45, 2.75) is 70.8 Å². The third-order valence-corrected chi connectivity index (χ3v) is 5.61. The maximum absolute atomic E-state index is 6.21. The fourth-order valence-electron chi connectivity index (χ4n) is 3.17. The van der Waals surface area contributed by atoms with Gasteiger partial charge in [0.15, 0.2) is 0 Å². The predicted molar refractivity (Wildman–Crippen MR) is 92.1 cm³/mol. The molecule has 21 heavy (non-hydrogen) atoms. The Morgan fingerprint density at radius 1 is 1.24 bits per heavy atom. The quantitative estimate of drug-likeness (QED) is 0.552. The zero-order valence-electron chi connectivity index (χ0n) is 13.0. The first-order valence-electron chi connectivity index (χ1n) is 8.06. The van der Waals surface area contributed by atoms with Gasteiger partial charge >= 0.3 is 0 Å². The van der Waals surface area contributed by atoms with E-state index in [-0.39, 0.29) is 5.60 Å². The molecule has 118 valence electrons. The van der Waals surface area contributed by atoms with Gasteiger partial charge in [0.2, 0.25) is 0 Å². The standard InChI is InChI=1S/C16H25BrN2OS/c1-3-9-12-13(17)14(21)19-15(18-12)16(20-4-2)10-7-5-6-8-11-16/h3-11H2,1-2H3,(H,18,19,21). The number of H-pyrrole nitrogens is 1. The van der Waals surface area contributed by atoms with Gasteiger partial charge in [0, 0.05) is 12.3 Å². The van der Waals surface area contributed by atoms with Crippen LogP contribution in [0, 0.1) is 4.64 Å². The second-order valence-corrected chi connectivity index (χ2v) is 6.95. The van der Waals surface area contributed by atoms with Gasteiger partial charge in [0.05, 0.1) is 4.47 Å². The molecule has 1 fully saturated rings. The first-order chi connectivity index (χ1) is 10.1. The van der Waals surface area contributed by atoms with Crippen LogP contribution in [0.3, 0.4) is 0 Å². The number of aryl methyl sites for hydroxylation is 1. The van der Waals surface area contributed by atoms with Crippen molar-refractivity contribution in [3.63, 3.8) is 0 Å². The van der Waals surface area contributed by atoms with Gasteiger partial charge in [-0.05, 0) is 42.1 Å². The Bertz CT molecular complexity index is 521. The van der Waals surface area contributed by atoms with E-state index in [1.807, 2.05) is 0 Å². The summed E-state index contributed by atoms with van der Waals surface area (Å²) in [5, 5.41) is 0. The first-order valence-corrected chi connectivity index (χ1v) is 9.26. The molecule has 0 atom stereocenters. The summed E-state index contributed by atoms with van der Waals surface area (Å²) in [6.45, 7) is 4.95. The summed E-state index contributed by atoms with van der Waals surface area (Å²) in [7, 11) is 0. The van der Waals surface area contributed by atoms with E-state index in [0.717, 1.165) is 41.7 Å². The summed E-state index contributed by atoms with van der Waals surface area (Å²) < 4.78 is 7.79. The zero-order chi connectivity index (χ0) is 15.3. The summed E-state index contributed by atoms with van der Waals surface area (Å²) in [6, 6.07) is 0. The number of aromatic nitrogens is 2. The van der Waals surface area contributed by atoms with Crippen LogP contribution in [0.5, 0.6) is 0 Å². The molecule has 0 unspecified atom stereocenters. The fraction of sp³-hybridized carbons (Fsp3) is 0.750. The number of nitrogens with zero attached hydrogens (tertiary/aromatic N) is 1. The molecule has 1 saturated carbocycles. The maximum Gasteiger partial charge on any atom is 0.144 e. The Balaban J connectivity index is 2.46. The summed E-state index contributed by atoms with van der Waals surface area (Å²) in [5.41, 5.74) is 0.873. The van der Waals surface area contributed by atoms with Crippen molar-refractivity contribution in [1.29, 1.82) is 0 Å². The number of ether oxygens (including phenoxy) is 1. The Hall–Kier alpha value is -0.260. The lowest BCUT2D eigenvalue weighted by Gasteiger charge is -2.32. The highest BCUT2D eigenvalue weighted by atomic mass is 79.9. The Labute approximate surface area is 141 Å². The summed E-state index contributed by atoms with van der Waals surface area (Å²) >= 11 is 9.02. The van der Waals surface area contributed by atoms with Crippen molar-refractivity contribution in [2.24, 2.45) is 0 Å². The molecule has 2 rings (SSSR count). The van der Waals surface area contributed by atoms with Gasteiger partial charge in [-0.1, -0.05) is 51.2 Å². The van der Waals surface area contributed by atoms with Crippen LogP contribution in [-0.4, -0.2) is 16.6 Å². The average molecular weight is 373 g/mol. The van der Waals surface area contributed by atoms with Crippen molar-refractivity contribution in [3.05, 3.63) is 20.6 Å². The molecule has 0 bridgehead atoms. The number of nitrogens with one attached hydrogen (secondary N) is 1. The van der Waals surface area contributed by atoms with Gasteiger partial charge in [-0.2, -0.15) is 0 Å². The van der Waals surface area contributed by atoms with E-state index < -0.39 is 0 Å². The highest BCUT2D eigenvalue weighted by molar-refractivity contribution is 9.10. The van der Waals surface area contributed by atoms with Crippen molar-refractivity contribution < 1.29 is 4.74 Å². The summed E-state index contributed by atoms with van der Waals surface area (Å²) in [6.07, 6.45) is 9.08. The molecule has 1 aromatic heterocycles. The van der Waals surface area contributed by atoms with E-state index in [0.29, 0.717) is 11.2 Å². The number of rotatable bonds is 5. The van der Waals surface area contributed by atoms with Crippen molar-refractivity contribution >= 4 is 28.1 Å². The van der Waals surface area contributed by atoms with Crippen LogP contribution in [0.2, 0.25) is 0 Å². The van der Waals surface area contributed by atoms with Gasteiger partial charge in [0.1, 0.15) is 16.1 Å². The van der Waals surface area contributed by atoms with Crippen LogP contribution in [-0.2, 0) is 16.8 Å². The van der Waals surface area contributed by atoms with Crippen LogP contribution in [0.4, 0.5) is 0 Å². The van der Waals surface area contributed by atoms with E-state index in [2.05, 4.69) is 39.7 Å². The number of hydrogen-bond donors (Lipinski definition) is 1. The SMILES string of the molecule is CCCc1[nH]c(C2(OCC)CCCCCC2)nc(=S)c1Br. The lowest BCUT2D eigenvalue weighted by molar-refractivity contribution is -0.0626. The summed E-state index contributed by atoms with van der Waals surface area (Å²) in [5.74, 6) is 0.933. The molecular formula is C16H25BrN2OS. The minimum atomic E-state index is -0.276. The van der Waals surface area contributed by atoms with E-state index in [9.17, 15) is 0 Å². The molecule has 0 radical (unpaired) electrons. The van der Waals surface area contributed by atoms with Gasteiger partial charge < -0.3 is 9.72 Å². The number of halogens is 1. The topological polar surface area (TPSA) is 37.9 Å². The largest absolute Gasteiger partial charge is 0.367 e. The first kappa shape index (κ1) is 17.1. The van der Waals surface area contributed by atoms with Crippen molar-refractivity contribution in [2.75, 3.05) is 6.61 Å². The number of hydrogen-bond acceptors (Lipinski definition) is 3. The van der Waals surface area contributed by atoms with Crippen LogP contribution in [0.1, 0.15) is 70.3 Å². The van der Waals surface area contributed by atoms with Gasteiger partial charge in [0.25, 0.3) is 0 Å². The van der Waals surface area contributed by atoms with E-state index in [1.54, 1.807) is 0 Å². The third kappa shape index (κ3) is 3.93. The minimum absolute atomic E-state index is 0.276. The predicted octanol–water partition coefficient (Wildman–Crippen LogP) is 5.44. The molecule has 1 aliphatic carbocycles. The molecule has 0 spiro atoms. The highest BCUT2D eigenvalue weighted by Crippen LogP contribution is 2.38. The molecule has 0 aliphatic heterocycles. The molecule has 0 aromatic carbocycles.